The third-order valence-corrected chi connectivity index (χ3v) is 1.62. The largest absolute Gasteiger partial charge is 0.673 e. The van der Waals surface area contributed by atoms with Crippen molar-refractivity contribution < 1.29 is 27.0 Å². The number of nitrogens with zero attached hydrogens (tertiary/aromatic N) is 1. The van der Waals surface area contributed by atoms with E-state index < -0.39 is 7.25 Å². The first-order valence-electron chi connectivity index (χ1n) is 5.41. The van der Waals surface area contributed by atoms with E-state index in [2.05, 4.69) is 4.99 Å². The van der Waals surface area contributed by atoms with Gasteiger partial charge in [-0.05, 0) is 6.92 Å². The van der Waals surface area contributed by atoms with Gasteiger partial charge in [0.1, 0.15) is 0 Å². The van der Waals surface area contributed by atoms with Gasteiger partial charge >= 0.3 is 13.2 Å². The zero-order valence-electron chi connectivity index (χ0n) is 10.2. The average Bonchev–Trinajstić information content (AvgIpc) is 2.29. The third kappa shape index (κ3) is 12.2. The van der Waals surface area contributed by atoms with Crippen LogP contribution in [0.5, 0.6) is 0 Å². The molecule has 0 unspecified atom stereocenters. The second kappa shape index (κ2) is 8.97. The predicted octanol–water partition coefficient (Wildman–Crippen LogP) is 2.05. The van der Waals surface area contributed by atoms with Gasteiger partial charge in [0.15, 0.2) is 6.42 Å². The van der Waals surface area contributed by atoms with E-state index in [-0.39, 0.29) is 6.42 Å². The van der Waals surface area contributed by atoms with Crippen molar-refractivity contribution in [3.8, 4) is 6.07 Å². The van der Waals surface area contributed by atoms with Crippen molar-refractivity contribution in [3.63, 3.8) is 0 Å². The summed E-state index contributed by atoms with van der Waals surface area (Å²) < 4.78 is 44.3. The molecule has 19 heavy (non-hydrogen) atoms. The molecule has 0 atom stereocenters. The quantitative estimate of drug-likeness (QED) is 0.397. The van der Waals surface area contributed by atoms with E-state index in [1.54, 1.807) is 0 Å². The zero-order valence-corrected chi connectivity index (χ0v) is 10.2. The lowest BCUT2D eigenvalue weighted by Gasteiger charge is -1.96. The Morgan fingerprint density at radius 3 is 2.21 bits per heavy atom. The maximum absolute atomic E-state index is 9.75. The molecular weight excluding hydrogens is 263 g/mol. The van der Waals surface area contributed by atoms with Gasteiger partial charge in [-0.1, -0.05) is 18.2 Å². The molecule has 1 rings (SSSR count). The Kier molecular flexibility index (Phi) is 8.01. The van der Waals surface area contributed by atoms with Crippen LogP contribution < -0.4 is 4.99 Å². The normalized spacial score (nSPS) is 11.1. The van der Waals surface area contributed by atoms with Crippen molar-refractivity contribution in [2.24, 2.45) is 0 Å². The zero-order chi connectivity index (χ0) is 14.7. The summed E-state index contributed by atoms with van der Waals surface area (Å²) in [5, 5.41) is 8.55. The van der Waals surface area contributed by atoms with Crippen molar-refractivity contribution >= 4 is 18.8 Å². The fraction of sp³-hybridized carbons (Fsp3) is 0.273. The summed E-state index contributed by atoms with van der Waals surface area (Å²) >= 11 is 0. The molecule has 0 fully saturated rings. The van der Waals surface area contributed by atoms with E-state index >= 15 is 0 Å². The number of nitrogens with one attached hydrogen (secondary N) is 1. The Labute approximate surface area is 108 Å². The van der Waals surface area contributed by atoms with Gasteiger partial charge in [0, 0.05) is 12.1 Å². The number of halogens is 4. The van der Waals surface area contributed by atoms with E-state index in [9.17, 15) is 17.3 Å². The number of nitriles is 1. The molecule has 3 nitrogen and oxygen atoms in total. The Bertz CT molecular complexity index is 423. The SMILES string of the molecule is CCOC(CC#N)=[NH+]c1ccccc1.F[B-](F)(F)F. The summed E-state index contributed by atoms with van der Waals surface area (Å²) in [6.07, 6.45) is 0.267. The van der Waals surface area contributed by atoms with Crippen LogP contribution in [0.25, 0.3) is 0 Å². The van der Waals surface area contributed by atoms with Gasteiger partial charge in [-0.25, -0.2) is 0 Å². The molecule has 0 spiro atoms. The number of hydrogen-bond acceptors (Lipinski definition) is 2. The highest BCUT2D eigenvalue weighted by molar-refractivity contribution is 6.50. The second-order valence-electron chi connectivity index (χ2n) is 3.18. The fourth-order valence-electron chi connectivity index (χ4n) is 1.06. The van der Waals surface area contributed by atoms with Crippen molar-refractivity contribution in [2.45, 2.75) is 13.3 Å². The van der Waals surface area contributed by atoms with Crippen LogP contribution in [0.3, 0.4) is 0 Å². The van der Waals surface area contributed by atoms with E-state index in [1.807, 2.05) is 43.3 Å². The van der Waals surface area contributed by atoms with Crippen molar-refractivity contribution in [1.82, 2.24) is 0 Å². The lowest BCUT2D eigenvalue weighted by molar-refractivity contribution is -0.368. The smallest absolute Gasteiger partial charge is 0.447 e. The Morgan fingerprint density at radius 2 is 1.79 bits per heavy atom. The average molecular weight is 276 g/mol. The molecule has 104 valence electrons. The molecule has 0 saturated carbocycles. The predicted molar refractivity (Wildman–Crippen MR) is 64.1 cm³/mol. The van der Waals surface area contributed by atoms with Gasteiger partial charge in [0.05, 0.1) is 12.7 Å². The summed E-state index contributed by atoms with van der Waals surface area (Å²) in [5.74, 6) is 0.598. The van der Waals surface area contributed by atoms with Crippen molar-refractivity contribution in [1.29, 1.82) is 5.26 Å². The highest BCUT2D eigenvalue weighted by Gasteiger charge is 2.20. The standard InChI is InChI=1S/C11H12N2O.BF4/c1-2-14-11(8-9-12)13-10-6-4-3-5-7-10;2-1(3,4)5/h3-7H,2,8H2,1H3;/q;-1/p+1. The van der Waals surface area contributed by atoms with E-state index in [4.69, 9.17) is 10.00 Å². The summed E-state index contributed by atoms with van der Waals surface area (Å²) in [4.78, 5) is 3.05. The van der Waals surface area contributed by atoms with Crippen LogP contribution in [-0.2, 0) is 4.74 Å². The minimum atomic E-state index is -6.00. The van der Waals surface area contributed by atoms with Crippen molar-refractivity contribution in [3.05, 3.63) is 30.3 Å². The van der Waals surface area contributed by atoms with Crippen LogP contribution >= 0.6 is 0 Å². The maximum Gasteiger partial charge on any atom is 0.673 e. The van der Waals surface area contributed by atoms with Crippen LogP contribution in [0.15, 0.2) is 30.3 Å². The molecule has 0 radical (unpaired) electrons. The van der Waals surface area contributed by atoms with Gasteiger partial charge in [-0.15, -0.1) is 0 Å². The Morgan fingerprint density at radius 1 is 1.26 bits per heavy atom. The molecule has 0 saturated heterocycles. The van der Waals surface area contributed by atoms with Crippen LogP contribution in [0, 0.1) is 11.3 Å². The van der Waals surface area contributed by atoms with E-state index in [0.717, 1.165) is 5.69 Å². The van der Waals surface area contributed by atoms with Crippen LogP contribution in [-0.4, -0.2) is 19.8 Å². The van der Waals surface area contributed by atoms with Crippen molar-refractivity contribution in [2.75, 3.05) is 6.61 Å². The summed E-state index contributed by atoms with van der Waals surface area (Å²) in [5.41, 5.74) is 0.936. The van der Waals surface area contributed by atoms with Gasteiger partial charge < -0.3 is 22.0 Å². The second-order valence-corrected chi connectivity index (χ2v) is 3.18. The highest BCUT2D eigenvalue weighted by Crippen LogP contribution is 2.06. The fourth-order valence-corrected chi connectivity index (χ4v) is 1.06. The first-order valence-corrected chi connectivity index (χ1v) is 5.41. The third-order valence-electron chi connectivity index (χ3n) is 1.62. The number of para-hydroxylation sites is 1. The van der Waals surface area contributed by atoms with Crippen LogP contribution in [0.4, 0.5) is 23.0 Å². The molecule has 0 aromatic heterocycles. The molecule has 0 amide bonds. The molecule has 8 heteroatoms. The summed E-state index contributed by atoms with van der Waals surface area (Å²) in [6.45, 7) is 2.46. The molecule has 1 aromatic rings. The number of hydrogen-bond donors (Lipinski definition) is 1. The lowest BCUT2D eigenvalue weighted by Crippen LogP contribution is -2.67. The molecule has 0 heterocycles. The minimum absolute atomic E-state index is 0.267. The minimum Gasteiger partial charge on any atom is -0.447 e. The number of rotatable bonds is 3. The monoisotopic (exact) mass is 276 g/mol. The highest BCUT2D eigenvalue weighted by atomic mass is 19.5. The molecular formula is C11H13BF4N2O. The topological polar surface area (TPSA) is 47.0 Å². The molecule has 0 aliphatic heterocycles. The van der Waals surface area contributed by atoms with Crippen LogP contribution in [0.1, 0.15) is 13.3 Å². The molecule has 0 bridgehead atoms. The molecule has 1 aromatic carbocycles. The Balaban J connectivity index is 0.000000555. The van der Waals surface area contributed by atoms with Gasteiger partial charge in [0.2, 0.25) is 5.69 Å². The van der Waals surface area contributed by atoms with E-state index in [1.165, 1.54) is 0 Å². The Hall–Kier alpha value is -2.04. The van der Waals surface area contributed by atoms with Gasteiger partial charge in [-0.2, -0.15) is 10.3 Å². The molecule has 0 aliphatic rings. The van der Waals surface area contributed by atoms with Gasteiger partial charge in [-0.3, -0.25) is 0 Å². The molecule has 1 N–H and O–H groups in total. The number of ether oxygens (including phenoxy) is 1. The van der Waals surface area contributed by atoms with Crippen LogP contribution in [0.2, 0.25) is 0 Å². The van der Waals surface area contributed by atoms with E-state index in [0.29, 0.717) is 12.5 Å². The molecule has 0 aliphatic carbocycles. The first kappa shape index (κ1) is 17.0. The lowest BCUT2D eigenvalue weighted by atomic mass is 10.3. The summed E-state index contributed by atoms with van der Waals surface area (Å²) in [7, 11) is -6.00. The summed E-state index contributed by atoms with van der Waals surface area (Å²) in [6, 6.07) is 11.7. The number of benzene rings is 1. The van der Waals surface area contributed by atoms with Gasteiger partial charge in [0.25, 0.3) is 0 Å². The maximum atomic E-state index is 9.75. The first-order chi connectivity index (χ1) is 8.86.